The zero-order chi connectivity index (χ0) is 48.8. The Kier molecular flexibility index (Phi) is 47.3. The predicted molar refractivity (Wildman–Crippen MR) is 283 cm³/mol. The van der Waals surface area contributed by atoms with Gasteiger partial charge in [0.05, 0.1) is 19.6 Å². The fourth-order valence-electron chi connectivity index (χ4n) is 5.58. The Morgan fingerprint density at radius 2 is 0.821 bits per heavy atom. The third-order valence-corrected chi connectivity index (χ3v) is 10.1. The lowest BCUT2D eigenvalue weighted by molar-refractivity contribution is -0.160. The molecule has 0 aliphatic carbocycles. The molecule has 2 atom stereocenters. The molecular formula is C57H86NO8P. The maximum absolute atomic E-state index is 12.6. The number of hydrogen-bond acceptors (Lipinski definition) is 8. The van der Waals surface area contributed by atoms with Crippen molar-refractivity contribution < 1.29 is 37.6 Å². The summed E-state index contributed by atoms with van der Waals surface area (Å²) in [5.41, 5.74) is 5.35. The van der Waals surface area contributed by atoms with Crippen LogP contribution in [0, 0.1) is 0 Å². The van der Waals surface area contributed by atoms with Gasteiger partial charge in [-0.25, -0.2) is 4.57 Å². The molecule has 0 bridgehead atoms. The Labute approximate surface area is 406 Å². The van der Waals surface area contributed by atoms with Gasteiger partial charge in [-0.1, -0.05) is 190 Å². The van der Waals surface area contributed by atoms with Gasteiger partial charge in [-0.15, -0.1) is 0 Å². The van der Waals surface area contributed by atoms with E-state index in [1.54, 1.807) is 6.08 Å². The minimum atomic E-state index is -4.43. The molecule has 372 valence electrons. The van der Waals surface area contributed by atoms with Crippen LogP contribution in [0.2, 0.25) is 0 Å². The van der Waals surface area contributed by atoms with Gasteiger partial charge < -0.3 is 20.1 Å². The van der Waals surface area contributed by atoms with Crippen molar-refractivity contribution in [3.63, 3.8) is 0 Å². The molecule has 0 aromatic carbocycles. The molecule has 0 rings (SSSR count). The van der Waals surface area contributed by atoms with Crippen molar-refractivity contribution in [1.82, 2.24) is 0 Å². The number of rotatable bonds is 43. The Morgan fingerprint density at radius 3 is 1.19 bits per heavy atom. The standard InChI is InChI=1S/C57H86NO8P/c1-3-5-7-9-11-13-15-17-19-20-21-22-23-24-25-26-27-28-29-30-31-32-33-34-36-38-40-42-44-46-48-50-57(60)66-55(54-65-67(61,62)64-52-51-58)53-63-56(59)49-47-45-43-41-39-37-35-18-16-14-12-10-8-6-4-2/h5-8,11-14,17-19,21-22,24-25,27-28,30-31,33-35,38-41,45,47,55H,3-4,9-10,15-16,20,23,26,29,32,36-37,42-44,46,48-54,58H2,1-2H3,(H,61,62)/b7-5-,8-6-,13-11-,14-12-,19-17-,22-21-,25-24-,28-27-,31-30-,34-33-,35-18-,40-38-,41-39-,47-45-. The van der Waals surface area contributed by atoms with Crippen molar-refractivity contribution in [3.05, 3.63) is 170 Å². The van der Waals surface area contributed by atoms with E-state index in [9.17, 15) is 19.0 Å². The quantitative estimate of drug-likeness (QED) is 0.0265. The summed E-state index contributed by atoms with van der Waals surface area (Å²) in [6.07, 6.45) is 75.7. The van der Waals surface area contributed by atoms with Crippen molar-refractivity contribution in [2.75, 3.05) is 26.4 Å². The second-order valence-corrected chi connectivity index (χ2v) is 16.7. The van der Waals surface area contributed by atoms with E-state index in [1.165, 1.54) is 0 Å². The molecule has 9 nitrogen and oxygen atoms in total. The summed E-state index contributed by atoms with van der Waals surface area (Å²) in [6, 6.07) is 0. The molecule has 0 amide bonds. The molecular weight excluding hydrogens is 858 g/mol. The number of allylic oxidation sites excluding steroid dienone is 27. The fourth-order valence-corrected chi connectivity index (χ4v) is 6.35. The summed E-state index contributed by atoms with van der Waals surface area (Å²) in [5.74, 6) is -1.03. The van der Waals surface area contributed by atoms with Gasteiger partial charge in [-0.05, 0) is 109 Å². The number of hydrogen-bond donors (Lipinski definition) is 2. The highest BCUT2D eigenvalue weighted by Gasteiger charge is 2.25. The number of nitrogens with two attached hydrogens (primary N) is 1. The van der Waals surface area contributed by atoms with Crippen LogP contribution in [0.4, 0.5) is 0 Å². The van der Waals surface area contributed by atoms with Crippen LogP contribution in [0.25, 0.3) is 0 Å². The smallest absolute Gasteiger partial charge is 0.461 e. The van der Waals surface area contributed by atoms with Crippen LogP contribution in [-0.2, 0) is 32.7 Å². The molecule has 10 heteroatoms. The molecule has 0 radical (unpaired) electrons. The maximum Gasteiger partial charge on any atom is 0.472 e. The average molecular weight is 944 g/mol. The van der Waals surface area contributed by atoms with Crippen molar-refractivity contribution >= 4 is 19.8 Å². The van der Waals surface area contributed by atoms with Crippen molar-refractivity contribution in [2.45, 2.75) is 148 Å². The summed E-state index contributed by atoms with van der Waals surface area (Å²) in [6.45, 7) is 3.30. The van der Waals surface area contributed by atoms with Gasteiger partial charge in [-0.3, -0.25) is 18.6 Å². The van der Waals surface area contributed by atoms with Gasteiger partial charge in [0.2, 0.25) is 0 Å². The Bertz CT molecular complexity index is 1690. The minimum absolute atomic E-state index is 0.0255. The zero-order valence-corrected chi connectivity index (χ0v) is 41.9. The van der Waals surface area contributed by atoms with Crippen LogP contribution in [0.1, 0.15) is 142 Å². The number of unbranched alkanes of at least 4 members (excludes halogenated alkanes) is 3. The average Bonchev–Trinajstić information content (AvgIpc) is 3.32. The van der Waals surface area contributed by atoms with Crippen LogP contribution in [0.15, 0.2) is 170 Å². The molecule has 3 N–H and O–H groups in total. The van der Waals surface area contributed by atoms with Gasteiger partial charge in [0.15, 0.2) is 6.10 Å². The van der Waals surface area contributed by atoms with Crippen LogP contribution in [-0.4, -0.2) is 49.3 Å². The molecule has 2 unspecified atom stereocenters. The third kappa shape index (κ3) is 50.6. The van der Waals surface area contributed by atoms with E-state index in [4.69, 9.17) is 24.3 Å². The Balaban J connectivity index is 4.27. The molecule has 0 heterocycles. The zero-order valence-electron chi connectivity index (χ0n) is 41.0. The monoisotopic (exact) mass is 944 g/mol. The molecule has 0 aliphatic rings. The second kappa shape index (κ2) is 50.8. The maximum atomic E-state index is 12.6. The van der Waals surface area contributed by atoms with Crippen LogP contribution >= 0.6 is 7.82 Å². The highest BCUT2D eigenvalue weighted by atomic mass is 31.2. The van der Waals surface area contributed by atoms with Gasteiger partial charge in [0, 0.05) is 13.0 Å². The summed E-state index contributed by atoms with van der Waals surface area (Å²) in [4.78, 5) is 34.9. The minimum Gasteiger partial charge on any atom is -0.461 e. The first-order valence-corrected chi connectivity index (χ1v) is 26.1. The fraction of sp³-hybridized carbons (Fsp3) is 0.474. The van der Waals surface area contributed by atoms with Gasteiger partial charge in [0.25, 0.3) is 0 Å². The summed E-state index contributed by atoms with van der Waals surface area (Å²) < 4.78 is 32.7. The number of carbonyl (C=O) groups is 2. The normalized spacial score (nSPS) is 14.6. The Morgan fingerprint density at radius 1 is 0.463 bits per heavy atom. The molecule has 0 fully saturated rings. The molecule has 0 saturated heterocycles. The summed E-state index contributed by atoms with van der Waals surface area (Å²) in [5, 5.41) is 0. The molecule has 0 aromatic heterocycles. The lowest BCUT2D eigenvalue weighted by Gasteiger charge is -2.19. The van der Waals surface area contributed by atoms with Gasteiger partial charge >= 0.3 is 19.8 Å². The second-order valence-electron chi connectivity index (χ2n) is 15.2. The third-order valence-electron chi connectivity index (χ3n) is 9.13. The topological polar surface area (TPSA) is 134 Å². The van der Waals surface area contributed by atoms with Crippen molar-refractivity contribution in [3.8, 4) is 0 Å². The lowest BCUT2D eigenvalue weighted by atomic mass is 10.1. The first-order valence-electron chi connectivity index (χ1n) is 24.6. The number of carbonyl (C=O) groups excluding carboxylic acids is 2. The molecule has 0 saturated carbocycles. The Hall–Kier alpha value is -4.63. The van der Waals surface area contributed by atoms with Gasteiger partial charge in [-0.2, -0.15) is 0 Å². The highest BCUT2D eigenvalue weighted by molar-refractivity contribution is 7.47. The molecule has 0 aromatic rings. The van der Waals surface area contributed by atoms with Gasteiger partial charge in [0.1, 0.15) is 6.61 Å². The highest BCUT2D eigenvalue weighted by Crippen LogP contribution is 2.43. The van der Waals surface area contributed by atoms with Crippen molar-refractivity contribution in [1.29, 1.82) is 0 Å². The van der Waals surface area contributed by atoms with E-state index >= 15 is 0 Å². The SMILES string of the molecule is CC/C=C\C/C=C\C/C=C\C/C=C\C/C=C\C/C=C\C/C=C\C/C=C\C/C=C\CCCCCC(=O)OC(COC(=O)C/C=C\C/C=C\C/C=C\C/C=C\C/C=C\CC)COP(=O)(O)OCCN. The van der Waals surface area contributed by atoms with E-state index in [-0.39, 0.29) is 32.6 Å². The van der Waals surface area contributed by atoms with E-state index in [1.807, 2.05) is 12.2 Å². The van der Waals surface area contributed by atoms with Crippen LogP contribution in [0.5, 0.6) is 0 Å². The first kappa shape index (κ1) is 62.4. The van der Waals surface area contributed by atoms with Crippen LogP contribution in [0.3, 0.4) is 0 Å². The molecule has 0 spiro atoms. The first-order chi connectivity index (χ1) is 32.8. The number of ether oxygens (including phenoxy) is 2. The number of phosphoric ester groups is 1. The van der Waals surface area contributed by atoms with Crippen molar-refractivity contribution in [2.24, 2.45) is 5.73 Å². The van der Waals surface area contributed by atoms with E-state index in [0.717, 1.165) is 103 Å². The number of esters is 2. The van der Waals surface area contributed by atoms with Crippen LogP contribution < -0.4 is 5.73 Å². The van der Waals surface area contributed by atoms with E-state index in [2.05, 4.69) is 166 Å². The van der Waals surface area contributed by atoms with E-state index < -0.39 is 32.5 Å². The summed E-state index contributed by atoms with van der Waals surface area (Å²) >= 11 is 0. The lowest BCUT2D eigenvalue weighted by Crippen LogP contribution is -2.29. The molecule has 67 heavy (non-hydrogen) atoms. The summed E-state index contributed by atoms with van der Waals surface area (Å²) in [7, 11) is -4.43. The largest absolute Gasteiger partial charge is 0.472 e. The molecule has 0 aliphatic heterocycles. The number of phosphoric acid groups is 1. The van der Waals surface area contributed by atoms with E-state index in [0.29, 0.717) is 12.8 Å². The predicted octanol–water partition coefficient (Wildman–Crippen LogP) is 15.2.